The Labute approximate surface area is 110 Å². The highest BCUT2D eigenvalue weighted by molar-refractivity contribution is 7.92. The molecule has 2 aromatic rings. The van der Waals surface area contributed by atoms with Gasteiger partial charge < -0.3 is 5.73 Å². The Morgan fingerprint density at radius 2 is 2.11 bits per heavy atom. The van der Waals surface area contributed by atoms with Gasteiger partial charge in [-0.15, -0.1) is 0 Å². The first-order valence-electron chi connectivity index (χ1n) is 5.37. The van der Waals surface area contributed by atoms with Crippen molar-refractivity contribution in [2.24, 2.45) is 7.05 Å². The summed E-state index contributed by atoms with van der Waals surface area (Å²) in [6.45, 7) is 1.45. The second-order valence-corrected chi connectivity index (χ2v) is 5.78. The van der Waals surface area contributed by atoms with Crippen LogP contribution in [0.1, 0.15) is 5.56 Å². The molecule has 0 saturated heterocycles. The molecule has 2 rings (SSSR count). The molecule has 0 fully saturated rings. The molecular weight excluding hydrogens is 271 g/mol. The van der Waals surface area contributed by atoms with Crippen LogP contribution in [0.5, 0.6) is 0 Å². The minimum absolute atomic E-state index is 0.113. The summed E-state index contributed by atoms with van der Waals surface area (Å²) in [6.07, 6.45) is 1.57. The van der Waals surface area contributed by atoms with E-state index in [4.69, 9.17) is 5.73 Å². The van der Waals surface area contributed by atoms with E-state index in [1.807, 2.05) is 0 Å². The minimum Gasteiger partial charge on any atom is -0.399 e. The second-order valence-electron chi connectivity index (χ2n) is 4.13. The molecule has 0 saturated carbocycles. The first-order valence-corrected chi connectivity index (χ1v) is 6.86. The molecule has 0 aliphatic heterocycles. The molecular formula is C11H13FN4O2S. The number of halogens is 1. The van der Waals surface area contributed by atoms with E-state index in [1.54, 1.807) is 13.2 Å². The van der Waals surface area contributed by atoms with Gasteiger partial charge in [0, 0.05) is 25.0 Å². The summed E-state index contributed by atoms with van der Waals surface area (Å²) in [7, 11) is -2.41. The number of hydrogen-bond acceptors (Lipinski definition) is 4. The molecule has 0 amide bonds. The molecule has 0 spiro atoms. The lowest BCUT2D eigenvalue weighted by atomic mass is 10.2. The third kappa shape index (κ3) is 2.68. The number of nitrogens with one attached hydrogen (secondary N) is 1. The van der Waals surface area contributed by atoms with E-state index < -0.39 is 20.7 Å². The molecule has 6 nitrogen and oxygen atoms in total. The zero-order valence-electron chi connectivity index (χ0n) is 10.4. The van der Waals surface area contributed by atoms with Crippen molar-refractivity contribution in [2.45, 2.75) is 11.8 Å². The quantitative estimate of drug-likeness (QED) is 0.830. The van der Waals surface area contributed by atoms with Crippen molar-refractivity contribution in [3.05, 3.63) is 35.8 Å². The van der Waals surface area contributed by atoms with E-state index in [2.05, 4.69) is 9.82 Å². The van der Waals surface area contributed by atoms with Crippen LogP contribution in [0.2, 0.25) is 0 Å². The number of aryl methyl sites for hydroxylation is 2. The fraction of sp³-hybridized carbons (Fsp3) is 0.182. The van der Waals surface area contributed by atoms with E-state index >= 15 is 0 Å². The fourth-order valence-corrected chi connectivity index (χ4v) is 2.80. The van der Waals surface area contributed by atoms with Crippen LogP contribution in [0.4, 0.5) is 15.9 Å². The van der Waals surface area contributed by atoms with Gasteiger partial charge in [0.2, 0.25) is 0 Å². The monoisotopic (exact) mass is 284 g/mol. The molecule has 8 heteroatoms. The van der Waals surface area contributed by atoms with Gasteiger partial charge in [0.25, 0.3) is 10.0 Å². The standard InChI is InChI=1S/C11H13FN4O2S/c1-7-5-8(13)6-9(11(7)12)19(17,18)15-10-3-4-16(2)14-10/h3-6H,13H2,1-2H3,(H,14,15). The van der Waals surface area contributed by atoms with E-state index in [1.165, 1.54) is 23.7 Å². The lowest BCUT2D eigenvalue weighted by Crippen LogP contribution is -2.16. The molecule has 0 aliphatic carbocycles. The largest absolute Gasteiger partial charge is 0.399 e. The molecule has 1 aromatic heterocycles. The second kappa shape index (κ2) is 4.54. The molecule has 102 valence electrons. The molecule has 0 atom stereocenters. The normalized spacial score (nSPS) is 11.5. The number of nitrogens with zero attached hydrogens (tertiary/aromatic N) is 2. The van der Waals surface area contributed by atoms with Crippen molar-refractivity contribution in [3.63, 3.8) is 0 Å². The Hall–Kier alpha value is -2.09. The van der Waals surface area contributed by atoms with E-state index in [0.717, 1.165) is 6.07 Å². The van der Waals surface area contributed by atoms with Gasteiger partial charge in [-0.3, -0.25) is 9.40 Å². The lowest BCUT2D eigenvalue weighted by Gasteiger charge is -2.09. The molecule has 1 aromatic carbocycles. The maximum Gasteiger partial charge on any atom is 0.266 e. The van der Waals surface area contributed by atoms with Gasteiger partial charge in [-0.05, 0) is 24.6 Å². The van der Waals surface area contributed by atoms with E-state index in [9.17, 15) is 12.8 Å². The van der Waals surface area contributed by atoms with Crippen molar-refractivity contribution in [2.75, 3.05) is 10.5 Å². The number of aromatic nitrogens is 2. The summed E-state index contributed by atoms with van der Waals surface area (Å²) < 4.78 is 41.7. The van der Waals surface area contributed by atoms with E-state index in [-0.39, 0.29) is 17.1 Å². The van der Waals surface area contributed by atoms with Gasteiger partial charge in [-0.25, -0.2) is 12.8 Å². The fourth-order valence-electron chi connectivity index (χ4n) is 1.62. The Balaban J connectivity index is 2.45. The van der Waals surface area contributed by atoms with Crippen molar-refractivity contribution >= 4 is 21.5 Å². The van der Waals surface area contributed by atoms with Gasteiger partial charge in [0.05, 0.1) is 0 Å². The average Bonchev–Trinajstić information content (AvgIpc) is 2.68. The smallest absolute Gasteiger partial charge is 0.266 e. The molecule has 0 radical (unpaired) electrons. The number of hydrogen-bond donors (Lipinski definition) is 2. The lowest BCUT2D eigenvalue weighted by molar-refractivity contribution is 0.565. The zero-order chi connectivity index (χ0) is 14.2. The van der Waals surface area contributed by atoms with Crippen molar-refractivity contribution in [1.82, 2.24) is 9.78 Å². The van der Waals surface area contributed by atoms with Crippen LogP contribution in [0, 0.1) is 12.7 Å². The summed E-state index contributed by atoms with van der Waals surface area (Å²) in [5.74, 6) is -0.709. The van der Waals surface area contributed by atoms with Crippen LogP contribution >= 0.6 is 0 Å². The summed E-state index contributed by atoms with van der Waals surface area (Å²) in [4.78, 5) is -0.490. The van der Waals surface area contributed by atoms with Crippen molar-refractivity contribution < 1.29 is 12.8 Å². The van der Waals surface area contributed by atoms with Crippen LogP contribution < -0.4 is 10.5 Å². The summed E-state index contributed by atoms with van der Waals surface area (Å²) in [5.41, 5.74) is 5.89. The average molecular weight is 284 g/mol. The van der Waals surface area contributed by atoms with Crippen LogP contribution in [-0.2, 0) is 17.1 Å². The Morgan fingerprint density at radius 1 is 1.42 bits per heavy atom. The number of sulfonamides is 1. The first kappa shape index (κ1) is 13.3. The highest BCUT2D eigenvalue weighted by Crippen LogP contribution is 2.23. The number of anilines is 2. The van der Waals surface area contributed by atoms with Gasteiger partial charge in [0.15, 0.2) is 5.82 Å². The van der Waals surface area contributed by atoms with Gasteiger partial charge in [0.1, 0.15) is 10.7 Å². The topological polar surface area (TPSA) is 90.0 Å². The predicted molar refractivity (Wildman–Crippen MR) is 69.6 cm³/mol. The number of benzene rings is 1. The number of nitrogen functional groups attached to an aromatic ring is 1. The van der Waals surface area contributed by atoms with Crippen LogP contribution in [0.25, 0.3) is 0 Å². The number of rotatable bonds is 3. The highest BCUT2D eigenvalue weighted by atomic mass is 32.2. The molecule has 19 heavy (non-hydrogen) atoms. The van der Waals surface area contributed by atoms with Gasteiger partial charge in [-0.1, -0.05) is 0 Å². The van der Waals surface area contributed by atoms with Gasteiger partial charge in [-0.2, -0.15) is 5.10 Å². The minimum atomic E-state index is -4.06. The summed E-state index contributed by atoms with van der Waals surface area (Å²) in [5, 5.41) is 3.87. The third-order valence-corrected chi connectivity index (χ3v) is 3.84. The van der Waals surface area contributed by atoms with Crippen LogP contribution in [0.3, 0.4) is 0 Å². The number of nitrogens with two attached hydrogens (primary N) is 1. The molecule has 3 N–H and O–H groups in total. The summed E-state index contributed by atoms with van der Waals surface area (Å²) >= 11 is 0. The maximum absolute atomic E-state index is 13.9. The molecule has 0 unspecified atom stereocenters. The third-order valence-electron chi connectivity index (χ3n) is 2.49. The van der Waals surface area contributed by atoms with Gasteiger partial charge >= 0.3 is 0 Å². The molecule has 0 bridgehead atoms. The van der Waals surface area contributed by atoms with Crippen LogP contribution in [-0.4, -0.2) is 18.2 Å². The zero-order valence-corrected chi connectivity index (χ0v) is 11.2. The Kier molecular flexibility index (Phi) is 3.19. The Morgan fingerprint density at radius 3 is 2.68 bits per heavy atom. The van der Waals surface area contributed by atoms with Crippen molar-refractivity contribution in [1.29, 1.82) is 0 Å². The first-order chi connectivity index (χ1) is 8.79. The molecule has 1 heterocycles. The predicted octanol–water partition coefficient (Wildman–Crippen LogP) is 1.25. The maximum atomic E-state index is 13.9. The highest BCUT2D eigenvalue weighted by Gasteiger charge is 2.22. The van der Waals surface area contributed by atoms with Crippen LogP contribution in [0.15, 0.2) is 29.3 Å². The summed E-state index contributed by atoms with van der Waals surface area (Å²) in [6, 6.07) is 3.91. The SMILES string of the molecule is Cc1cc(N)cc(S(=O)(=O)Nc2ccn(C)n2)c1F. The molecule has 0 aliphatic rings. The Bertz CT molecular complexity index is 724. The van der Waals surface area contributed by atoms with Crippen molar-refractivity contribution in [3.8, 4) is 0 Å². The van der Waals surface area contributed by atoms with E-state index in [0.29, 0.717) is 0 Å².